The first kappa shape index (κ1) is 13.5. The van der Waals surface area contributed by atoms with Crippen LogP contribution in [0.4, 0.5) is 0 Å². The smallest absolute Gasteiger partial charge is 0.0589 e. The average molecular weight is 249 g/mol. The number of methoxy groups -OCH3 is 1. The van der Waals surface area contributed by atoms with Crippen molar-refractivity contribution in [2.75, 3.05) is 39.9 Å². The third-order valence-electron chi connectivity index (χ3n) is 3.56. The Labute approximate surface area is 110 Å². The summed E-state index contributed by atoms with van der Waals surface area (Å²) >= 11 is 0. The van der Waals surface area contributed by atoms with Crippen LogP contribution in [-0.2, 0) is 11.3 Å². The molecule has 1 aliphatic heterocycles. The maximum Gasteiger partial charge on any atom is 0.0589 e. The van der Waals surface area contributed by atoms with Crippen LogP contribution < -0.4 is 0 Å². The number of piperazine rings is 1. The molecule has 2 heterocycles. The molecule has 0 spiro atoms. The Morgan fingerprint density at radius 2 is 2.33 bits per heavy atom. The van der Waals surface area contributed by atoms with Crippen LogP contribution in [-0.4, -0.2) is 60.7 Å². The standard InChI is InChI=1S/C14H23N3O/c1-13-11-16(6-7-17(13)8-9-18-2)12-14-4-3-5-15-10-14/h3-5,10,13H,6-9,11-12H2,1-2H3/t13-/m0/s1. The van der Waals surface area contributed by atoms with Crippen molar-refractivity contribution in [3.05, 3.63) is 30.1 Å². The van der Waals surface area contributed by atoms with Crippen LogP contribution in [0.3, 0.4) is 0 Å². The molecule has 4 nitrogen and oxygen atoms in total. The van der Waals surface area contributed by atoms with E-state index < -0.39 is 0 Å². The van der Waals surface area contributed by atoms with E-state index in [0.29, 0.717) is 6.04 Å². The zero-order valence-electron chi connectivity index (χ0n) is 11.4. The summed E-state index contributed by atoms with van der Waals surface area (Å²) in [5, 5.41) is 0. The molecule has 1 fully saturated rings. The molecule has 0 aromatic carbocycles. The van der Waals surface area contributed by atoms with E-state index >= 15 is 0 Å². The summed E-state index contributed by atoms with van der Waals surface area (Å²) in [7, 11) is 1.77. The topological polar surface area (TPSA) is 28.6 Å². The molecule has 0 saturated carbocycles. The molecule has 0 amide bonds. The zero-order valence-corrected chi connectivity index (χ0v) is 11.4. The maximum absolute atomic E-state index is 5.15. The summed E-state index contributed by atoms with van der Waals surface area (Å²) in [4.78, 5) is 9.18. The first-order valence-electron chi connectivity index (χ1n) is 6.64. The lowest BCUT2D eigenvalue weighted by atomic mass is 10.1. The predicted molar refractivity (Wildman–Crippen MR) is 72.4 cm³/mol. The summed E-state index contributed by atoms with van der Waals surface area (Å²) in [6.07, 6.45) is 3.79. The van der Waals surface area contributed by atoms with E-state index in [1.165, 1.54) is 5.56 Å². The Hall–Kier alpha value is -0.970. The van der Waals surface area contributed by atoms with Crippen LogP contribution in [0.2, 0.25) is 0 Å². The fourth-order valence-electron chi connectivity index (χ4n) is 2.50. The highest BCUT2D eigenvalue weighted by Crippen LogP contribution is 2.12. The normalized spacial score (nSPS) is 22.2. The van der Waals surface area contributed by atoms with Gasteiger partial charge in [-0.1, -0.05) is 6.07 Å². The molecule has 1 aliphatic rings. The van der Waals surface area contributed by atoms with Gasteiger partial charge in [-0.3, -0.25) is 14.8 Å². The highest BCUT2D eigenvalue weighted by Gasteiger charge is 2.22. The molecule has 2 rings (SSSR count). The van der Waals surface area contributed by atoms with Gasteiger partial charge in [0.2, 0.25) is 0 Å². The maximum atomic E-state index is 5.15. The van der Waals surface area contributed by atoms with Gasteiger partial charge in [0.25, 0.3) is 0 Å². The third-order valence-corrected chi connectivity index (χ3v) is 3.56. The molecule has 0 bridgehead atoms. The average Bonchev–Trinajstić information content (AvgIpc) is 2.39. The Morgan fingerprint density at radius 3 is 3.00 bits per heavy atom. The number of hydrogen-bond acceptors (Lipinski definition) is 4. The van der Waals surface area contributed by atoms with Crippen molar-refractivity contribution in [3.8, 4) is 0 Å². The molecule has 18 heavy (non-hydrogen) atoms. The SMILES string of the molecule is COCCN1CCN(Cc2cccnc2)C[C@@H]1C. The Balaban J connectivity index is 1.81. The number of nitrogens with zero attached hydrogens (tertiary/aromatic N) is 3. The fourth-order valence-corrected chi connectivity index (χ4v) is 2.50. The summed E-state index contributed by atoms with van der Waals surface area (Å²) in [6, 6.07) is 4.76. The van der Waals surface area contributed by atoms with Crippen LogP contribution in [0, 0.1) is 0 Å². The van der Waals surface area contributed by atoms with Crippen molar-refractivity contribution in [1.82, 2.24) is 14.8 Å². The first-order valence-corrected chi connectivity index (χ1v) is 6.64. The molecule has 0 radical (unpaired) electrons. The first-order chi connectivity index (χ1) is 8.79. The highest BCUT2D eigenvalue weighted by atomic mass is 16.5. The van der Waals surface area contributed by atoms with Gasteiger partial charge in [-0.05, 0) is 18.6 Å². The number of aromatic nitrogens is 1. The van der Waals surface area contributed by atoms with Crippen molar-refractivity contribution in [3.63, 3.8) is 0 Å². The Morgan fingerprint density at radius 1 is 1.44 bits per heavy atom. The largest absolute Gasteiger partial charge is 0.383 e. The monoisotopic (exact) mass is 249 g/mol. The second-order valence-electron chi connectivity index (χ2n) is 4.97. The van der Waals surface area contributed by atoms with Crippen LogP contribution in [0.15, 0.2) is 24.5 Å². The van der Waals surface area contributed by atoms with E-state index in [1.807, 2.05) is 18.5 Å². The Bertz CT molecular complexity index is 344. The number of pyridine rings is 1. The summed E-state index contributed by atoms with van der Waals surface area (Å²) < 4.78 is 5.15. The lowest BCUT2D eigenvalue weighted by Crippen LogP contribution is -2.52. The molecule has 0 unspecified atom stereocenters. The van der Waals surface area contributed by atoms with Gasteiger partial charge in [0.05, 0.1) is 6.61 Å². The molecular weight excluding hydrogens is 226 g/mol. The van der Waals surface area contributed by atoms with Crippen LogP contribution in [0.25, 0.3) is 0 Å². The molecule has 4 heteroatoms. The van der Waals surface area contributed by atoms with Gasteiger partial charge >= 0.3 is 0 Å². The minimum absolute atomic E-state index is 0.602. The molecule has 0 N–H and O–H groups in total. The molecule has 1 atom stereocenters. The highest BCUT2D eigenvalue weighted by molar-refractivity contribution is 5.08. The van der Waals surface area contributed by atoms with E-state index in [-0.39, 0.29) is 0 Å². The van der Waals surface area contributed by atoms with Crippen molar-refractivity contribution < 1.29 is 4.74 Å². The van der Waals surface area contributed by atoms with Gasteiger partial charge in [-0.15, -0.1) is 0 Å². The number of ether oxygens (including phenoxy) is 1. The Kier molecular flexibility index (Phi) is 5.11. The zero-order chi connectivity index (χ0) is 12.8. The summed E-state index contributed by atoms with van der Waals surface area (Å²) in [6.45, 7) is 8.55. The minimum atomic E-state index is 0.602. The van der Waals surface area contributed by atoms with Gasteiger partial charge in [0.15, 0.2) is 0 Å². The van der Waals surface area contributed by atoms with Crippen molar-refractivity contribution in [2.45, 2.75) is 19.5 Å². The molecule has 1 saturated heterocycles. The van der Waals surface area contributed by atoms with Crippen LogP contribution in [0.1, 0.15) is 12.5 Å². The molecule has 0 aliphatic carbocycles. The number of hydrogen-bond donors (Lipinski definition) is 0. The van der Waals surface area contributed by atoms with E-state index in [0.717, 1.165) is 39.3 Å². The van der Waals surface area contributed by atoms with Crippen molar-refractivity contribution in [1.29, 1.82) is 0 Å². The van der Waals surface area contributed by atoms with E-state index in [1.54, 1.807) is 7.11 Å². The molecule has 100 valence electrons. The van der Waals surface area contributed by atoms with Crippen molar-refractivity contribution in [2.24, 2.45) is 0 Å². The second-order valence-corrected chi connectivity index (χ2v) is 4.97. The summed E-state index contributed by atoms with van der Waals surface area (Å²) in [5.41, 5.74) is 1.30. The molecule has 1 aromatic heterocycles. The molecular formula is C14H23N3O. The van der Waals surface area contributed by atoms with E-state index in [4.69, 9.17) is 4.74 Å². The third kappa shape index (κ3) is 3.77. The van der Waals surface area contributed by atoms with Gasteiger partial charge in [-0.2, -0.15) is 0 Å². The van der Waals surface area contributed by atoms with Gasteiger partial charge in [-0.25, -0.2) is 0 Å². The lowest BCUT2D eigenvalue weighted by molar-refractivity contribution is 0.0557. The van der Waals surface area contributed by atoms with Gasteiger partial charge in [0, 0.05) is 58.3 Å². The van der Waals surface area contributed by atoms with Gasteiger partial charge < -0.3 is 4.74 Å². The number of rotatable bonds is 5. The summed E-state index contributed by atoms with van der Waals surface area (Å²) in [5.74, 6) is 0. The van der Waals surface area contributed by atoms with Gasteiger partial charge in [0.1, 0.15) is 0 Å². The van der Waals surface area contributed by atoms with Crippen LogP contribution >= 0.6 is 0 Å². The van der Waals surface area contributed by atoms with Crippen LogP contribution in [0.5, 0.6) is 0 Å². The molecule has 1 aromatic rings. The lowest BCUT2D eigenvalue weighted by Gasteiger charge is -2.39. The van der Waals surface area contributed by atoms with E-state index in [9.17, 15) is 0 Å². The fraction of sp³-hybridized carbons (Fsp3) is 0.643. The quantitative estimate of drug-likeness (QED) is 0.785. The van der Waals surface area contributed by atoms with Crippen molar-refractivity contribution >= 4 is 0 Å². The minimum Gasteiger partial charge on any atom is -0.383 e. The second kappa shape index (κ2) is 6.83. The van der Waals surface area contributed by atoms with E-state index in [2.05, 4.69) is 27.8 Å². The predicted octanol–water partition coefficient (Wildman–Crippen LogP) is 1.23.